The van der Waals surface area contributed by atoms with Crippen molar-refractivity contribution in [3.8, 4) is 11.4 Å². The van der Waals surface area contributed by atoms with Crippen LogP contribution in [-0.2, 0) is 12.8 Å². The molecular formula is C18H17N5O. The molecule has 120 valence electrons. The summed E-state index contributed by atoms with van der Waals surface area (Å²) in [5.74, 6) is -0.186. The third kappa shape index (κ3) is 2.78. The van der Waals surface area contributed by atoms with Crippen molar-refractivity contribution in [2.45, 2.75) is 25.7 Å². The molecule has 4 rings (SSSR count). The largest absolute Gasteiger partial charge is 0.319 e. The van der Waals surface area contributed by atoms with Crippen molar-refractivity contribution < 1.29 is 4.79 Å². The number of nitrogens with one attached hydrogen (secondary N) is 2. The number of H-pyrrole nitrogens is 1. The molecule has 3 heterocycles. The van der Waals surface area contributed by atoms with E-state index in [2.05, 4.69) is 25.5 Å². The molecule has 1 aliphatic rings. The first-order chi connectivity index (χ1) is 11.8. The molecule has 0 saturated heterocycles. The number of nitrogens with zero attached hydrogens (tertiary/aromatic N) is 3. The van der Waals surface area contributed by atoms with Gasteiger partial charge in [0.2, 0.25) is 0 Å². The Morgan fingerprint density at radius 3 is 2.92 bits per heavy atom. The van der Waals surface area contributed by atoms with Gasteiger partial charge in [-0.3, -0.25) is 19.9 Å². The van der Waals surface area contributed by atoms with E-state index in [1.54, 1.807) is 18.6 Å². The third-order valence-corrected chi connectivity index (χ3v) is 4.24. The second-order valence-electron chi connectivity index (χ2n) is 5.86. The van der Waals surface area contributed by atoms with Crippen LogP contribution in [0.5, 0.6) is 0 Å². The van der Waals surface area contributed by atoms with Gasteiger partial charge in [0.1, 0.15) is 5.69 Å². The van der Waals surface area contributed by atoms with E-state index in [0.717, 1.165) is 30.7 Å². The monoisotopic (exact) mass is 319 g/mol. The van der Waals surface area contributed by atoms with Crippen molar-refractivity contribution in [3.05, 3.63) is 59.7 Å². The Morgan fingerprint density at radius 2 is 2.04 bits per heavy atom. The second-order valence-corrected chi connectivity index (χ2v) is 5.86. The fourth-order valence-corrected chi connectivity index (χ4v) is 2.99. The lowest BCUT2D eigenvalue weighted by molar-refractivity contribution is 0.102. The lowest BCUT2D eigenvalue weighted by Gasteiger charge is -2.15. The van der Waals surface area contributed by atoms with E-state index in [-0.39, 0.29) is 5.91 Å². The van der Waals surface area contributed by atoms with Crippen LogP contribution in [0.3, 0.4) is 0 Å². The Kier molecular flexibility index (Phi) is 3.78. The lowest BCUT2D eigenvalue weighted by Crippen LogP contribution is -2.15. The molecule has 3 aromatic rings. The maximum Gasteiger partial charge on any atom is 0.257 e. The molecule has 1 amide bonds. The summed E-state index contributed by atoms with van der Waals surface area (Å²) < 4.78 is 0. The molecule has 0 saturated carbocycles. The van der Waals surface area contributed by atoms with Crippen LogP contribution in [0.25, 0.3) is 11.4 Å². The van der Waals surface area contributed by atoms with Crippen LogP contribution in [0.2, 0.25) is 0 Å². The van der Waals surface area contributed by atoms with Gasteiger partial charge in [-0.05, 0) is 49.4 Å². The van der Waals surface area contributed by atoms with E-state index in [1.165, 1.54) is 12.0 Å². The minimum absolute atomic E-state index is 0.186. The summed E-state index contributed by atoms with van der Waals surface area (Å²) in [6, 6.07) is 7.56. The molecular weight excluding hydrogens is 302 g/mol. The summed E-state index contributed by atoms with van der Waals surface area (Å²) in [6.45, 7) is 0. The molecule has 0 spiro atoms. The van der Waals surface area contributed by atoms with Gasteiger partial charge in [0.05, 0.1) is 23.1 Å². The quantitative estimate of drug-likeness (QED) is 0.777. The normalized spacial score (nSPS) is 13.3. The van der Waals surface area contributed by atoms with Gasteiger partial charge < -0.3 is 5.32 Å². The average molecular weight is 319 g/mol. The Bertz CT molecular complexity index is 872. The zero-order chi connectivity index (χ0) is 16.4. The molecule has 6 heteroatoms. The smallest absolute Gasteiger partial charge is 0.257 e. The van der Waals surface area contributed by atoms with E-state index in [0.29, 0.717) is 16.9 Å². The van der Waals surface area contributed by atoms with E-state index < -0.39 is 0 Å². The van der Waals surface area contributed by atoms with Crippen LogP contribution >= 0.6 is 0 Å². The number of carbonyl (C=O) groups excluding carboxylic acids is 1. The first-order valence-corrected chi connectivity index (χ1v) is 8.05. The van der Waals surface area contributed by atoms with Gasteiger partial charge in [-0.15, -0.1) is 0 Å². The molecule has 0 unspecified atom stereocenters. The number of hydrogen-bond acceptors (Lipinski definition) is 4. The summed E-state index contributed by atoms with van der Waals surface area (Å²) in [7, 11) is 0. The van der Waals surface area contributed by atoms with E-state index in [1.807, 2.05) is 24.3 Å². The SMILES string of the molecule is O=C(Nc1cn[nH]c1-c1ccccn1)c1cnc2c(c1)CCCC2. The molecule has 24 heavy (non-hydrogen) atoms. The molecule has 0 atom stereocenters. The number of aromatic nitrogens is 4. The summed E-state index contributed by atoms with van der Waals surface area (Å²) in [4.78, 5) is 21.3. The predicted octanol–water partition coefficient (Wildman–Crippen LogP) is 3.00. The van der Waals surface area contributed by atoms with Crippen LogP contribution in [-0.4, -0.2) is 26.1 Å². The Labute approximate surface area is 139 Å². The van der Waals surface area contributed by atoms with Crippen LogP contribution in [0.15, 0.2) is 42.9 Å². The zero-order valence-electron chi connectivity index (χ0n) is 13.1. The minimum Gasteiger partial charge on any atom is -0.319 e. The van der Waals surface area contributed by atoms with Gasteiger partial charge in [-0.2, -0.15) is 5.10 Å². The first-order valence-electron chi connectivity index (χ1n) is 8.05. The molecule has 1 aliphatic carbocycles. The fraction of sp³-hybridized carbons (Fsp3) is 0.222. The van der Waals surface area contributed by atoms with Crippen LogP contribution < -0.4 is 5.32 Å². The van der Waals surface area contributed by atoms with Crippen molar-refractivity contribution >= 4 is 11.6 Å². The number of hydrogen-bond donors (Lipinski definition) is 2. The summed E-state index contributed by atoms with van der Waals surface area (Å²) in [5.41, 5.74) is 4.91. The maximum absolute atomic E-state index is 12.6. The van der Waals surface area contributed by atoms with Crippen molar-refractivity contribution in [2.24, 2.45) is 0 Å². The Morgan fingerprint density at radius 1 is 1.12 bits per heavy atom. The number of anilines is 1. The van der Waals surface area contributed by atoms with E-state index >= 15 is 0 Å². The summed E-state index contributed by atoms with van der Waals surface area (Å²) in [6.07, 6.45) is 9.28. The number of fused-ring (bicyclic) bond motifs is 1. The van der Waals surface area contributed by atoms with Crippen LogP contribution in [0, 0.1) is 0 Å². The molecule has 0 aliphatic heterocycles. The standard InChI is InChI=1S/C18H17N5O/c24-18(13-9-12-5-1-2-6-14(12)20-10-13)22-16-11-21-23-17(16)15-7-3-4-8-19-15/h3-4,7-11H,1-2,5-6H2,(H,21,23)(H,22,24). The third-order valence-electron chi connectivity index (χ3n) is 4.24. The number of carbonyl (C=O) groups is 1. The van der Waals surface area contributed by atoms with Crippen molar-refractivity contribution in [3.63, 3.8) is 0 Å². The highest BCUT2D eigenvalue weighted by Crippen LogP contribution is 2.24. The molecule has 6 nitrogen and oxygen atoms in total. The molecule has 0 radical (unpaired) electrons. The highest BCUT2D eigenvalue weighted by molar-refractivity contribution is 6.05. The number of amides is 1. The first kappa shape index (κ1) is 14.6. The average Bonchev–Trinajstić information content (AvgIpc) is 3.10. The van der Waals surface area contributed by atoms with Gasteiger partial charge in [-0.1, -0.05) is 6.07 Å². The lowest BCUT2D eigenvalue weighted by atomic mass is 9.95. The van der Waals surface area contributed by atoms with Crippen molar-refractivity contribution in [2.75, 3.05) is 5.32 Å². The van der Waals surface area contributed by atoms with E-state index in [9.17, 15) is 4.79 Å². The van der Waals surface area contributed by atoms with Gasteiger partial charge >= 0.3 is 0 Å². The number of aryl methyl sites for hydroxylation is 2. The van der Waals surface area contributed by atoms with Crippen molar-refractivity contribution in [1.82, 2.24) is 20.2 Å². The van der Waals surface area contributed by atoms with Gasteiger partial charge in [0.15, 0.2) is 0 Å². The number of aromatic amines is 1. The van der Waals surface area contributed by atoms with Gasteiger partial charge in [-0.25, -0.2) is 0 Å². The maximum atomic E-state index is 12.6. The molecule has 0 aromatic carbocycles. The van der Waals surface area contributed by atoms with Crippen LogP contribution in [0.4, 0.5) is 5.69 Å². The predicted molar refractivity (Wildman–Crippen MR) is 90.7 cm³/mol. The molecule has 3 aromatic heterocycles. The highest BCUT2D eigenvalue weighted by atomic mass is 16.1. The number of pyridine rings is 2. The van der Waals surface area contributed by atoms with Gasteiger partial charge in [0.25, 0.3) is 5.91 Å². The Balaban J connectivity index is 1.58. The minimum atomic E-state index is -0.186. The fourth-order valence-electron chi connectivity index (χ4n) is 2.99. The summed E-state index contributed by atoms with van der Waals surface area (Å²) >= 11 is 0. The van der Waals surface area contributed by atoms with Gasteiger partial charge in [0, 0.05) is 18.1 Å². The van der Waals surface area contributed by atoms with Crippen LogP contribution in [0.1, 0.15) is 34.5 Å². The van der Waals surface area contributed by atoms with Crippen molar-refractivity contribution in [1.29, 1.82) is 0 Å². The Hall–Kier alpha value is -3.02. The zero-order valence-corrected chi connectivity index (χ0v) is 13.1. The molecule has 0 bridgehead atoms. The number of rotatable bonds is 3. The highest BCUT2D eigenvalue weighted by Gasteiger charge is 2.16. The topological polar surface area (TPSA) is 83.6 Å². The van der Waals surface area contributed by atoms with E-state index in [4.69, 9.17) is 0 Å². The molecule has 0 fully saturated rings. The molecule has 2 N–H and O–H groups in total. The summed E-state index contributed by atoms with van der Waals surface area (Å²) in [5, 5.41) is 9.81. The second kappa shape index (κ2) is 6.23.